The lowest BCUT2D eigenvalue weighted by Gasteiger charge is -2.17. The van der Waals surface area contributed by atoms with Crippen molar-refractivity contribution in [3.63, 3.8) is 0 Å². The van der Waals surface area contributed by atoms with Crippen LogP contribution in [0.25, 0.3) is 11.4 Å². The number of aliphatic hydroxyl groups is 1. The molecule has 0 aliphatic rings. The van der Waals surface area contributed by atoms with Gasteiger partial charge in [-0.3, -0.25) is 0 Å². The lowest BCUT2D eigenvalue weighted by Crippen LogP contribution is -2.10. The van der Waals surface area contributed by atoms with Crippen LogP contribution < -0.4 is 0 Å². The average Bonchev–Trinajstić information content (AvgIpc) is 3.33. The molecule has 2 heterocycles. The molecule has 0 radical (unpaired) electrons. The van der Waals surface area contributed by atoms with Crippen LogP contribution in [0.5, 0.6) is 0 Å². The molecule has 0 aliphatic carbocycles. The van der Waals surface area contributed by atoms with E-state index >= 15 is 0 Å². The quantitative estimate of drug-likeness (QED) is 0.406. The summed E-state index contributed by atoms with van der Waals surface area (Å²) in [6.45, 7) is 0. The molecule has 2 aromatic carbocycles. The van der Waals surface area contributed by atoms with Crippen molar-refractivity contribution in [3.8, 4) is 11.4 Å². The highest BCUT2D eigenvalue weighted by Gasteiger charge is 2.28. The zero-order valence-corrected chi connectivity index (χ0v) is 14.9. The van der Waals surface area contributed by atoms with Crippen molar-refractivity contribution in [1.29, 1.82) is 0 Å². The predicted octanol–water partition coefficient (Wildman–Crippen LogP) is 1.90. The highest BCUT2D eigenvalue weighted by molar-refractivity contribution is 8.35. The minimum Gasteiger partial charge on any atom is -0.495 e. The Bertz CT molecular complexity index is 956. The summed E-state index contributed by atoms with van der Waals surface area (Å²) in [4.78, 5) is 0. The monoisotopic (exact) mass is 384 g/mol. The molecule has 4 rings (SSSR count). The summed E-state index contributed by atoms with van der Waals surface area (Å²) in [5.41, 5.74) is 1.49. The third kappa shape index (κ3) is 2.93. The molecular weight excluding hydrogens is 372 g/mol. The summed E-state index contributed by atoms with van der Waals surface area (Å²) in [5.74, 6) is 0. The number of thiol groups is 1. The van der Waals surface area contributed by atoms with Crippen LogP contribution in [0.1, 0.15) is 0 Å². The van der Waals surface area contributed by atoms with Crippen molar-refractivity contribution >= 4 is 27.5 Å². The van der Waals surface area contributed by atoms with Crippen LogP contribution in [-0.4, -0.2) is 49.9 Å². The molecular formula is C15H12N8OS2. The standard InChI is InChI=1S/C15H12N8OS2/c24-15(25)26(13-16-18-20-22(13)11-7-3-1-4-8-11)14-17-19-21-23(14)12-9-5-2-6-10-12/h1-10,26H,(H,24,25). The Morgan fingerprint density at radius 3 is 1.58 bits per heavy atom. The molecule has 4 aromatic rings. The molecule has 0 spiro atoms. The van der Waals surface area contributed by atoms with Gasteiger partial charge in [-0.1, -0.05) is 47.3 Å². The molecule has 1 N–H and O–H groups in total. The van der Waals surface area contributed by atoms with Gasteiger partial charge >= 0.3 is 0 Å². The lowest BCUT2D eigenvalue weighted by atomic mass is 10.3. The molecule has 0 fully saturated rings. The van der Waals surface area contributed by atoms with Crippen molar-refractivity contribution in [2.24, 2.45) is 0 Å². The van der Waals surface area contributed by atoms with Gasteiger partial charge in [-0.15, -0.1) is 10.2 Å². The van der Waals surface area contributed by atoms with Crippen molar-refractivity contribution in [1.82, 2.24) is 40.4 Å². The normalized spacial score (nSPS) is 11.3. The number of thiocarbonyl (C=S) groups is 1. The molecule has 11 heteroatoms. The number of hydrogen-bond acceptors (Lipinski definition) is 7. The number of benzene rings is 2. The van der Waals surface area contributed by atoms with E-state index in [0.29, 0.717) is 10.3 Å². The van der Waals surface area contributed by atoms with E-state index in [1.165, 1.54) is 9.36 Å². The lowest BCUT2D eigenvalue weighted by molar-refractivity contribution is 0.583. The maximum absolute atomic E-state index is 10.2. The second-order valence-electron chi connectivity index (χ2n) is 5.07. The van der Waals surface area contributed by atoms with Crippen LogP contribution in [0.15, 0.2) is 71.0 Å². The zero-order valence-electron chi connectivity index (χ0n) is 13.2. The van der Waals surface area contributed by atoms with E-state index in [2.05, 4.69) is 31.1 Å². The Kier molecular flexibility index (Phi) is 4.37. The van der Waals surface area contributed by atoms with E-state index in [1.54, 1.807) is 0 Å². The number of tetrazole rings is 2. The molecule has 0 saturated carbocycles. The van der Waals surface area contributed by atoms with Gasteiger partial charge in [0.05, 0.1) is 11.4 Å². The van der Waals surface area contributed by atoms with Crippen molar-refractivity contribution < 1.29 is 5.11 Å². The second-order valence-corrected chi connectivity index (χ2v) is 7.65. The molecule has 0 unspecified atom stereocenters. The van der Waals surface area contributed by atoms with Gasteiger partial charge in [0, 0.05) is 0 Å². The first kappa shape index (κ1) is 16.3. The maximum Gasteiger partial charge on any atom is 0.210 e. The van der Waals surface area contributed by atoms with Gasteiger partial charge in [-0.2, -0.15) is 9.36 Å². The fourth-order valence-corrected chi connectivity index (χ4v) is 4.34. The minimum atomic E-state index is -1.68. The van der Waals surface area contributed by atoms with Gasteiger partial charge in [-0.05, 0) is 57.3 Å². The predicted molar refractivity (Wildman–Crippen MR) is 99.1 cm³/mol. The third-order valence-electron chi connectivity index (χ3n) is 3.50. The number of hydrogen-bond donors (Lipinski definition) is 2. The van der Waals surface area contributed by atoms with E-state index in [4.69, 9.17) is 12.2 Å². The molecule has 0 amide bonds. The maximum atomic E-state index is 10.2. The van der Waals surface area contributed by atoms with Gasteiger partial charge in [-0.25, -0.2) is 0 Å². The average molecular weight is 384 g/mol. The summed E-state index contributed by atoms with van der Waals surface area (Å²) < 4.78 is 2.79. The highest BCUT2D eigenvalue weighted by atomic mass is 32.2. The van der Waals surface area contributed by atoms with Crippen LogP contribution in [0.3, 0.4) is 0 Å². The van der Waals surface area contributed by atoms with Gasteiger partial charge in [0.2, 0.25) is 14.7 Å². The number of aliphatic hydroxyl groups excluding tert-OH is 1. The SMILES string of the molecule is OC(=S)[SH](c1nnnn1-c1ccccc1)c1nnnn1-c1ccccc1. The van der Waals surface area contributed by atoms with Gasteiger partial charge in [0.25, 0.3) is 0 Å². The van der Waals surface area contributed by atoms with Crippen LogP contribution >= 0.6 is 23.1 Å². The first-order chi connectivity index (χ1) is 12.8. The summed E-state index contributed by atoms with van der Waals surface area (Å²) >= 11 is 5.10. The van der Waals surface area contributed by atoms with Crippen molar-refractivity contribution in [3.05, 3.63) is 60.7 Å². The summed E-state index contributed by atoms with van der Waals surface area (Å²) in [6, 6.07) is 18.7. The summed E-state index contributed by atoms with van der Waals surface area (Å²) in [7, 11) is -1.68. The first-order valence-electron chi connectivity index (χ1n) is 7.46. The number of aromatic nitrogens is 8. The fraction of sp³-hybridized carbons (Fsp3) is 0. The summed E-state index contributed by atoms with van der Waals surface area (Å²) in [5, 5.41) is 34.7. The Balaban J connectivity index is 1.85. The second kappa shape index (κ2) is 6.98. The van der Waals surface area contributed by atoms with Gasteiger partial charge in [0.15, 0.2) is 0 Å². The largest absolute Gasteiger partial charge is 0.495 e. The van der Waals surface area contributed by atoms with Crippen LogP contribution in [0.4, 0.5) is 0 Å². The van der Waals surface area contributed by atoms with Gasteiger partial charge in [0.1, 0.15) is 0 Å². The Hall–Kier alpha value is -3.18. The fourth-order valence-electron chi connectivity index (χ4n) is 2.38. The van der Waals surface area contributed by atoms with Crippen LogP contribution in [0.2, 0.25) is 0 Å². The number of rotatable bonds is 4. The topological polar surface area (TPSA) is 107 Å². The zero-order chi connectivity index (χ0) is 17.9. The molecule has 0 saturated heterocycles. The third-order valence-corrected chi connectivity index (χ3v) is 5.79. The first-order valence-corrected chi connectivity index (χ1v) is 9.21. The van der Waals surface area contributed by atoms with E-state index in [-0.39, 0.29) is 4.38 Å². The summed E-state index contributed by atoms with van der Waals surface area (Å²) in [6.07, 6.45) is 0. The minimum absolute atomic E-state index is 0.265. The molecule has 26 heavy (non-hydrogen) atoms. The van der Waals surface area contributed by atoms with Crippen LogP contribution in [0, 0.1) is 0 Å². The van der Waals surface area contributed by atoms with Crippen LogP contribution in [-0.2, 0) is 0 Å². The van der Waals surface area contributed by atoms with E-state index in [9.17, 15) is 5.11 Å². The molecule has 2 aromatic heterocycles. The van der Waals surface area contributed by atoms with Crippen molar-refractivity contribution in [2.45, 2.75) is 10.3 Å². The highest BCUT2D eigenvalue weighted by Crippen LogP contribution is 2.43. The number of para-hydroxylation sites is 2. The molecule has 9 nitrogen and oxygen atoms in total. The Morgan fingerprint density at radius 1 is 0.769 bits per heavy atom. The molecule has 0 aliphatic heterocycles. The molecule has 0 atom stereocenters. The van der Waals surface area contributed by atoms with E-state index in [1.807, 2.05) is 60.7 Å². The van der Waals surface area contributed by atoms with E-state index in [0.717, 1.165) is 11.4 Å². The van der Waals surface area contributed by atoms with Crippen molar-refractivity contribution in [2.75, 3.05) is 0 Å². The van der Waals surface area contributed by atoms with Gasteiger partial charge < -0.3 is 5.11 Å². The van der Waals surface area contributed by atoms with E-state index < -0.39 is 10.9 Å². The number of nitrogens with zero attached hydrogens (tertiary/aromatic N) is 8. The smallest absolute Gasteiger partial charge is 0.210 e. The Morgan fingerprint density at radius 2 is 1.19 bits per heavy atom. The Labute approximate surface area is 155 Å². The molecule has 130 valence electrons. The molecule has 0 bridgehead atoms.